The highest BCUT2D eigenvalue weighted by molar-refractivity contribution is 5.53. The normalized spacial score (nSPS) is 10.7. The van der Waals surface area contributed by atoms with Gasteiger partial charge in [-0.1, -0.05) is 6.07 Å². The minimum Gasteiger partial charge on any atom is -0.496 e. The van der Waals surface area contributed by atoms with E-state index >= 15 is 0 Å². The Kier molecular flexibility index (Phi) is 4.70. The first-order valence-electron chi connectivity index (χ1n) is 5.77. The van der Waals surface area contributed by atoms with Crippen LogP contribution in [0.2, 0.25) is 0 Å². The van der Waals surface area contributed by atoms with E-state index in [2.05, 4.69) is 26.8 Å². The molecular weight excluding hydrogens is 214 g/mol. The molecule has 0 fully saturated rings. The molecule has 0 unspecified atom stereocenters. The van der Waals surface area contributed by atoms with Gasteiger partial charge in [-0.15, -0.1) is 0 Å². The minimum absolute atomic E-state index is 0.440. The average Bonchev–Trinajstić information content (AvgIpc) is 2.27. The van der Waals surface area contributed by atoms with Crippen molar-refractivity contribution in [1.82, 2.24) is 4.90 Å². The van der Waals surface area contributed by atoms with Crippen LogP contribution in [0, 0.1) is 20.8 Å². The molecule has 0 aliphatic heterocycles. The topological polar surface area (TPSA) is 29.5 Å². The molecule has 1 rings (SSSR count). The maximum Gasteiger partial charge on any atom is 0.133 e. The van der Waals surface area contributed by atoms with Crippen LogP contribution in [-0.4, -0.2) is 31.9 Å². The number of hydrogen-bond acceptors (Lipinski definition) is 3. The number of rotatable bonds is 5. The molecule has 0 aliphatic rings. The highest BCUT2D eigenvalue weighted by Gasteiger charge is 2.13. The molecule has 3 heteroatoms. The van der Waals surface area contributed by atoms with Gasteiger partial charge >= 0.3 is 0 Å². The Morgan fingerprint density at radius 2 is 1.94 bits per heavy atom. The number of benzene rings is 1. The van der Waals surface area contributed by atoms with E-state index in [1.54, 1.807) is 7.11 Å². The highest BCUT2D eigenvalue weighted by Crippen LogP contribution is 2.30. The van der Waals surface area contributed by atoms with Crippen molar-refractivity contribution >= 4 is 6.29 Å². The third-order valence-electron chi connectivity index (χ3n) is 3.13. The average molecular weight is 235 g/mol. The van der Waals surface area contributed by atoms with Gasteiger partial charge in [-0.05, 0) is 44.5 Å². The zero-order valence-electron chi connectivity index (χ0n) is 11.3. The molecule has 0 radical (unpaired) electrons. The quantitative estimate of drug-likeness (QED) is 0.733. The Balaban J connectivity index is 3.13. The molecular formula is C14H21NO2. The molecule has 0 spiro atoms. The van der Waals surface area contributed by atoms with Gasteiger partial charge in [0.15, 0.2) is 0 Å². The van der Waals surface area contributed by atoms with Crippen LogP contribution in [0.15, 0.2) is 6.07 Å². The number of hydrogen-bond donors (Lipinski definition) is 0. The number of nitrogens with zero attached hydrogens (tertiary/aromatic N) is 1. The minimum atomic E-state index is 0.440. The first kappa shape index (κ1) is 13.7. The molecule has 17 heavy (non-hydrogen) atoms. The molecule has 0 heterocycles. The van der Waals surface area contributed by atoms with Crippen molar-refractivity contribution in [1.29, 1.82) is 0 Å². The van der Waals surface area contributed by atoms with E-state index in [9.17, 15) is 4.79 Å². The summed E-state index contributed by atoms with van der Waals surface area (Å²) >= 11 is 0. The summed E-state index contributed by atoms with van der Waals surface area (Å²) in [7, 11) is 3.63. The van der Waals surface area contributed by atoms with Crippen LogP contribution in [-0.2, 0) is 11.3 Å². The Labute approximate surface area is 103 Å². The number of carbonyl (C=O) groups is 1. The van der Waals surface area contributed by atoms with Gasteiger partial charge in [0.05, 0.1) is 13.7 Å². The van der Waals surface area contributed by atoms with E-state index in [4.69, 9.17) is 4.74 Å². The summed E-state index contributed by atoms with van der Waals surface area (Å²) < 4.78 is 5.50. The van der Waals surface area contributed by atoms with Gasteiger partial charge in [0, 0.05) is 12.1 Å². The van der Waals surface area contributed by atoms with Crippen LogP contribution >= 0.6 is 0 Å². The van der Waals surface area contributed by atoms with Gasteiger partial charge < -0.3 is 9.53 Å². The molecule has 0 N–H and O–H groups in total. The number of aryl methyl sites for hydroxylation is 2. The zero-order valence-corrected chi connectivity index (χ0v) is 11.3. The molecule has 0 amide bonds. The highest BCUT2D eigenvalue weighted by atomic mass is 16.5. The van der Waals surface area contributed by atoms with Gasteiger partial charge in [-0.3, -0.25) is 4.90 Å². The number of ether oxygens (including phenoxy) is 1. The van der Waals surface area contributed by atoms with Crippen molar-refractivity contribution in [2.45, 2.75) is 27.3 Å². The van der Waals surface area contributed by atoms with Crippen molar-refractivity contribution in [2.24, 2.45) is 0 Å². The predicted molar refractivity (Wildman–Crippen MR) is 69.6 cm³/mol. The fourth-order valence-corrected chi connectivity index (χ4v) is 2.04. The first-order chi connectivity index (χ1) is 8.01. The van der Waals surface area contributed by atoms with Crippen LogP contribution in [0.1, 0.15) is 22.3 Å². The molecule has 1 aromatic rings. The van der Waals surface area contributed by atoms with Crippen molar-refractivity contribution in [2.75, 3.05) is 20.7 Å². The van der Waals surface area contributed by atoms with E-state index in [0.717, 1.165) is 18.6 Å². The molecule has 0 aromatic heterocycles. The molecule has 0 atom stereocenters. The van der Waals surface area contributed by atoms with Gasteiger partial charge in [0.25, 0.3) is 0 Å². The van der Waals surface area contributed by atoms with E-state index in [1.807, 2.05) is 11.9 Å². The van der Waals surface area contributed by atoms with Gasteiger partial charge in [-0.25, -0.2) is 0 Å². The summed E-state index contributed by atoms with van der Waals surface area (Å²) in [4.78, 5) is 12.5. The van der Waals surface area contributed by atoms with E-state index in [-0.39, 0.29) is 0 Å². The summed E-state index contributed by atoms with van der Waals surface area (Å²) in [5.74, 6) is 0.945. The van der Waals surface area contributed by atoms with Crippen LogP contribution in [0.4, 0.5) is 0 Å². The van der Waals surface area contributed by atoms with Gasteiger partial charge in [0.2, 0.25) is 0 Å². The number of methoxy groups -OCH3 is 1. The fourth-order valence-electron chi connectivity index (χ4n) is 2.04. The van der Waals surface area contributed by atoms with E-state index < -0.39 is 0 Å². The lowest BCUT2D eigenvalue weighted by Crippen LogP contribution is -2.21. The summed E-state index contributed by atoms with van der Waals surface area (Å²) in [5, 5.41) is 0. The SMILES string of the molecule is COc1c(C)c(C)cc(C)c1CN(C)CC=O. The molecule has 1 aromatic carbocycles. The molecule has 94 valence electrons. The second-order valence-electron chi connectivity index (χ2n) is 4.51. The summed E-state index contributed by atoms with van der Waals surface area (Å²) in [6.45, 7) is 7.41. The van der Waals surface area contributed by atoms with Crippen molar-refractivity contribution in [3.05, 3.63) is 28.3 Å². The second-order valence-corrected chi connectivity index (χ2v) is 4.51. The summed E-state index contributed by atoms with van der Waals surface area (Å²) in [6, 6.07) is 2.17. The third kappa shape index (κ3) is 3.07. The Bertz CT molecular complexity index is 413. The van der Waals surface area contributed by atoms with E-state index in [0.29, 0.717) is 6.54 Å². The lowest BCUT2D eigenvalue weighted by atomic mass is 9.98. The summed E-state index contributed by atoms with van der Waals surface area (Å²) in [5.41, 5.74) is 4.79. The lowest BCUT2D eigenvalue weighted by Gasteiger charge is -2.20. The lowest BCUT2D eigenvalue weighted by molar-refractivity contribution is -0.108. The number of aldehydes is 1. The van der Waals surface area contributed by atoms with Crippen LogP contribution in [0.25, 0.3) is 0 Å². The van der Waals surface area contributed by atoms with Crippen molar-refractivity contribution in [3.8, 4) is 5.75 Å². The fraction of sp³-hybridized carbons (Fsp3) is 0.500. The molecule has 0 aliphatic carbocycles. The first-order valence-corrected chi connectivity index (χ1v) is 5.77. The molecule has 0 bridgehead atoms. The Morgan fingerprint density at radius 3 is 2.47 bits per heavy atom. The monoisotopic (exact) mass is 235 g/mol. The van der Waals surface area contributed by atoms with Crippen molar-refractivity contribution < 1.29 is 9.53 Å². The predicted octanol–water partition coefficient (Wildman–Crippen LogP) is 2.25. The van der Waals surface area contributed by atoms with Gasteiger partial charge in [0.1, 0.15) is 12.0 Å². The second kappa shape index (κ2) is 5.82. The number of likely N-dealkylation sites (N-methyl/N-ethyl adjacent to an activating group) is 1. The maximum absolute atomic E-state index is 10.5. The number of carbonyl (C=O) groups excluding carboxylic acids is 1. The molecule has 3 nitrogen and oxygen atoms in total. The Morgan fingerprint density at radius 1 is 1.29 bits per heavy atom. The maximum atomic E-state index is 10.5. The van der Waals surface area contributed by atoms with Crippen molar-refractivity contribution in [3.63, 3.8) is 0 Å². The molecule has 0 saturated heterocycles. The summed E-state index contributed by atoms with van der Waals surface area (Å²) in [6.07, 6.45) is 0.920. The smallest absolute Gasteiger partial charge is 0.133 e. The van der Waals surface area contributed by atoms with Crippen LogP contribution in [0.3, 0.4) is 0 Å². The Hall–Kier alpha value is -1.35. The standard InChI is InChI=1S/C14H21NO2/c1-10-8-11(2)13(9-15(4)6-7-16)14(17-5)12(10)3/h7-8H,6,9H2,1-5H3. The largest absolute Gasteiger partial charge is 0.496 e. The van der Waals surface area contributed by atoms with Crippen LogP contribution in [0.5, 0.6) is 5.75 Å². The third-order valence-corrected chi connectivity index (χ3v) is 3.13. The zero-order chi connectivity index (χ0) is 13.0. The van der Waals surface area contributed by atoms with Crippen LogP contribution < -0.4 is 4.74 Å². The van der Waals surface area contributed by atoms with E-state index in [1.165, 1.54) is 22.3 Å². The molecule has 0 saturated carbocycles. The van der Waals surface area contributed by atoms with Gasteiger partial charge in [-0.2, -0.15) is 0 Å².